The van der Waals surface area contributed by atoms with Crippen molar-refractivity contribution in [2.24, 2.45) is 0 Å². The molecule has 28 heteroatoms. The average molecular weight is 2060 g/mol. The number of carbonyl (C=O) groups is 2. The number of hydrogen-bond acceptors (Lipinski definition) is 26. The van der Waals surface area contributed by atoms with Gasteiger partial charge in [0.15, 0.2) is 0 Å². The summed E-state index contributed by atoms with van der Waals surface area (Å²) in [6.45, 7) is 107. The quantitative estimate of drug-likeness (QED) is 0.185. The van der Waals surface area contributed by atoms with E-state index in [1.165, 1.54) is 279 Å². The van der Waals surface area contributed by atoms with Crippen LogP contribution in [0, 0.1) is 0 Å². The zero-order valence-electron chi connectivity index (χ0n) is 98.3. The Kier molecular flexibility index (Phi) is 56.2. The second-order valence-corrected chi connectivity index (χ2v) is 54.4. The van der Waals surface area contributed by atoms with Crippen LogP contribution in [0.5, 0.6) is 0 Å². The van der Waals surface area contributed by atoms with Gasteiger partial charge in [0.05, 0.1) is 0 Å². The van der Waals surface area contributed by atoms with Crippen LogP contribution in [0.2, 0.25) is 0 Å². The topological polar surface area (TPSA) is 235 Å². The third kappa shape index (κ3) is 42.1. The van der Waals surface area contributed by atoms with E-state index in [9.17, 15) is 19.8 Å². The van der Waals surface area contributed by atoms with Gasteiger partial charge in [-0.25, -0.2) is 0 Å². The summed E-state index contributed by atoms with van der Waals surface area (Å²) in [5.74, 6) is -1.27. The van der Waals surface area contributed by atoms with Crippen LogP contribution in [0.3, 0.4) is 0 Å². The molecule has 18 rings (SSSR count). The fourth-order valence-electron chi connectivity index (χ4n) is 25.6. The van der Waals surface area contributed by atoms with Crippen LogP contribution in [0.4, 0.5) is 0 Å². The maximum absolute atomic E-state index is 11.3. The van der Waals surface area contributed by atoms with Crippen LogP contribution in [-0.4, -0.2) is 466 Å². The van der Waals surface area contributed by atoms with Crippen molar-refractivity contribution in [1.82, 2.24) is 88.2 Å². The van der Waals surface area contributed by atoms with E-state index in [0.29, 0.717) is 45.3 Å². The van der Waals surface area contributed by atoms with Gasteiger partial charge >= 0.3 is 30.4 Å². The predicted molar refractivity (Wildman–Crippen MR) is 600 cm³/mol. The number of carboxylic acids is 2. The molecule has 18 saturated heterocycles. The molecule has 0 radical (unpaired) electrons. The number of rotatable bonds is 12. The minimum atomic E-state index is -0.635. The molecule has 852 valence electrons. The summed E-state index contributed by atoms with van der Waals surface area (Å²) in [6, 6.07) is 10.7. The van der Waals surface area contributed by atoms with Crippen LogP contribution < -0.4 is 0 Å². The summed E-state index contributed by atoms with van der Waals surface area (Å²) in [5, 5.41) is 18.6. The Balaban J connectivity index is 0.000000286. The first-order valence-corrected chi connectivity index (χ1v) is 58.3. The first kappa shape index (κ1) is 133. The lowest BCUT2D eigenvalue weighted by molar-refractivity contribution is -0.193. The van der Waals surface area contributed by atoms with Crippen molar-refractivity contribution in [2.45, 2.75) is 537 Å². The van der Waals surface area contributed by atoms with Crippen molar-refractivity contribution >= 4 is 30.4 Å². The van der Waals surface area contributed by atoms with Gasteiger partial charge in [0.25, 0.3) is 0 Å². The Morgan fingerprint density at radius 3 is 0.733 bits per heavy atom. The number of carbonyl (C=O) groups excluding carboxylic acids is 6. The molecule has 0 aromatic rings. The first-order valence-electron chi connectivity index (χ1n) is 58.3. The van der Waals surface area contributed by atoms with E-state index in [0.717, 1.165) is 163 Å². The number of piperidine rings is 6. The maximum atomic E-state index is 11.3. The molecule has 0 spiro atoms. The zero-order valence-corrected chi connectivity index (χ0v) is 98.3. The standard InChI is InChI=1S/2C14H26N2O2.C14H28N2.C13H26N2.3C12H24N2.2C11H22N2.3CO2.2CH4/c1-14(2,3)15-9-6-11(7-10-15)16-8-4-5-12(16)13(17)18;1-14(2,3)15-9-7-11(10-15)16-8-5-4-6-12(16)13(17)18;1-14(2,3)16-11-7-13(8-12-16)15-9-5-4-6-10-15;1-11-5-10-15(11)12-6-8-14(9-7-12)13(2,3)4;1-10-5-8-14(10)11-6-7-13(9-11)12(2,3)4;1-10(2)13-8-6-12(9-13)14-7-4-5-11(14)3;1-12(2,3)14-9-11(10-14)13-7-5-4-6-8-13;1-9-5-6-13(9)10-7-12(8-10)11(2,3)4;1-11(2,3)13-8-10(9-13)12-6-4-5-7-12;3*2-1-3;;/h2*11-12H,4-10H2,1-3H3,(H,17,18);13H,4-12H2,1-3H3;11-12H,5-10H2,1-4H3;10-11H,5-9H2,1-4H3;10-12H,4-9H2,1-3H3;11H,4-10H2,1-3H3;9-10H,5-8H2,1-4H3;10H,4-9H2,1-3H3;;;;2*1H4. The zero-order chi connectivity index (χ0) is 107. The van der Waals surface area contributed by atoms with Crippen LogP contribution in [0.15, 0.2) is 0 Å². The third-order valence-corrected chi connectivity index (χ3v) is 36.2. The van der Waals surface area contributed by atoms with Gasteiger partial charge in [0.2, 0.25) is 0 Å². The molecule has 0 aromatic carbocycles. The lowest BCUT2D eigenvalue weighted by atomic mass is 9.92. The van der Waals surface area contributed by atoms with E-state index >= 15 is 0 Å². The molecule has 18 aliphatic heterocycles. The van der Waals surface area contributed by atoms with Gasteiger partial charge in [-0.2, -0.15) is 28.8 Å². The predicted octanol–water partition coefficient (Wildman–Crippen LogP) is 17.2. The highest BCUT2D eigenvalue weighted by atomic mass is 16.4. The molecule has 0 bridgehead atoms. The molecule has 28 nitrogen and oxygen atoms in total. The van der Waals surface area contributed by atoms with Gasteiger partial charge in [-0.3, -0.25) is 92.9 Å². The Bertz CT molecular complexity index is 3640. The van der Waals surface area contributed by atoms with Crippen molar-refractivity contribution in [3.8, 4) is 0 Å². The highest BCUT2D eigenvalue weighted by Crippen LogP contribution is 2.38. The smallest absolute Gasteiger partial charge is 0.373 e. The summed E-state index contributed by atoms with van der Waals surface area (Å²) < 4.78 is 0. The second-order valence-electron chi connectivity index (χ2n) is 54.4. The molecular formula is C118H230N18O10. The summed E-state index contributed by atoms with van der Waals surface area (Å²) in [6.07, 6.45) is 35.8. The lowest BCUT2D eigenvalue weighted by Crippen LogP contribution is -2.68. The SMILES string of the molecule is C.C.CC(C)(C)N1CC(N2CCCC2)C1.CC(C)(C)N1CC(N2CCCCC2)C1.CC(C)(C)N1CCC(N2CCCC2C(=O)O)CC1.CC(C)(C)N1CCC(N2CCCCC2)CC1.CC(C)(C)N1CCC(N2CCCCC2C(=O)O)C1.CC(C)N1CCC(N2CCCC2C)C1.CC1CCN1C1CCN(C(C)(C)C)C1.CC1CCN1C1CCN(C(C)(C)C)CC1.CC1CCN1C1CN(C(C)(C)C)C1.O=C=O.O=C=O.O=C=O. The highest BCUT2D eigenvalue weighted by Gasteiger charge is 2.47. The Morgan fingerprint density at radius 1 is 0.219 bits per heavy atom. The minimum Gasteiger partial charge on any atom is -0.480 e. The monoisotopic (exact) mass is 2060 g/mol. The number of hydrogen-bond donors (Lipinski definition) is 2. The van der Waals surface area contributed by atoms with Crippen molar-refractivity contribution in [1.29, 1.82) is 0 Å². The van der Waals surface area contributed by atoms with Crippen LogP contribution in [-0.2, 0) is 38.4 Å². The molecule has 18 aliphatic rings. The van der Waals surface area contributed by atoms with Crippen molar-refractivity contribution in [3.05, 3.63) is 0 Å². The molecule has 0 saturated carbocycles. The van der Waals surface area contributed by atoms with E-state index in [2.05, 4.69) is 296 Å². The number of aliphatic carboxylic acids is 2. The molecule has 0 aromatic heterocycles. The van der Waals surface area contributed by atoms with Gasteiger partial charge in [-0.1, -0.05) is 34.1 Å². The molecule has 9 unspecified atom stereocenters. The fourth-order valence-corrected chi connectivity index (χ4v) is 25.6. The summed E-state index contributed by atoms with van der Waals surface area (Å²) >= 11 is 0. The van der Waals surface area contributed by atoms with Gasteiger partial charge in [-0.15, -0.1) is 0 Å². The normalized spacial score (nSPS) is 28.8. The van der Waals surface area contributed by atoms with E-state index in [1.54, 1.807) is 0 Å². The number of carboxylic acid groups (broad SMARTS) is 2. The van der Waals surface area contributed by atoms with Crippen molar-refractivity contribution < 1.29 is 48.6 Å². The van der Waals surface area contributed by atoms with Crippen molar-refractivity contribution in [2.75, 3.05) is 196 Å². The first-order chi connectivity index (χ1) is 67.4. The molecule has 2 N–H and O–H groups in total. The minimum absolute atomic E-state index is 0. The van der Waals surface area contributed by atoms with E-state index < -0.39 is 11.9 Å². The summed E-state index contributed by atoms with van der Waals surface area (Å²) in [5.41, 5.74) is 2.68. The van der Waals surface area contributed by atoms with Crippen LogP contribution >= 0.6 is 0 Å². The fraction of sp³-hybridized carbons (Fsp3) is 0.958. The van der Waals surface area contributed by atoms with Crippen LogP contribution in [0.25, 0.3) is 0 Å². The number of nitrogens with zero attached hydrogens (tertiary/aromatic N) is 18. The Morgan fingerprint density at radius 2 is 0.438 bits per heavy atom. The third-order valence-electron chi connectivity index (χ3n) is 36.2. The molecule has 146 heavy (non-hydrogen) atoms. The average Bonchev–Trinajstić information content (AvgIpc) is 0.949. The lowest BCUT2D eigenvalue weighted by Gasteiger charge is -2.56. The van der Waals surface area contributed by atoms with E-state index in [1.807, 2.05) is 0 Å². The van der Waals surface area contributed by atoms with E-state index in [-0.39, 0.29) is 56.5 Å². The van der Waals surface area contributed by atoms with Gasteiger partial charge in [-0.05, 0) is 421 Å². The molecule has 9 atom stereocenters. The van der Waals surface area contributed by atoms with Gasteiger partial charge in [0, 0.05) is 266 Å². The molecule has 18 fully saturated rings. The maximum Gasteiger partial charge on any atom is 0.373 e. The number of likely N-dealkylation sites (tertiary alicyclic amines) is 18. The van der Waals surface area contributed by atoms with Crippen LogP contribution in [0.1, 0.15) is 396 Å². The molecular weight excluding hydrogens is 1830 g/mol. The molecule has 18 heterocycles. The highest BCUT2D eigenvalue weighted by molar-refractivity contribution is 5.74. The van der Waals surface area contributed by atoms with Crippen molar-refractivity contribution in [3.63, 3.8) is 0 Å². The molecule has 0 amide bonds. The summed E-state index contributed by atoms with van der Waals surface area (Å²) in [7, 11) is 0. The largest absolute Gasteiger partial charge is 0.480 e. The summed E-state index contributed by atoms with van der Waals surface area (Å²) in [4.78, 5) is 118. The second kappa shape index (κ2) is 61.8. The van der Waals surface area contributed by atoms with E-state index in [4.69, 9.17) is 28.8 Å². The molecule has 0 aliphatic carbocycles. The Labute approximate surface area is 895 Å². The Hall–Kier alpha value is -3.64. The van der Waals surface area contributed by atoms with Gasteiger partial charge in [0.1, 0.15) is 12.1 Å². The van der Waals surface area contributed by atoms with Gasteiger partial charge < -0.3 is 15.1 Å².